The Morgan fingerprint density at radius 3 is 2.41 bits per heavy atom. The number of hydrogen-bond acceptors (Lipinski definition) is 2. The molecule has 0 fully saturated rings. The lowest BCUT2D eigenvalue weighted by atomic mass is 10.1. The topological polar surface area (TPSA) is 42.2 Å². The Bertz CT molecular complexity index is 857. The number of carbonyl (C=O) groups is 1. The molecule has 22 heavy (non-hydrogen) atoms. The normalized spacial score (nSPS) is 10.9. The van der Waals surface area contributed by atoms with Gasteiger partial charge in [0.15, 0.2) is 5.76 Å². The van der Waals surface area contributed by atoms with Gasteiger partial charge in [-0.3, -0.25) is 4.79 Å². The van der Waals surface area contributed by atoms with Gasteiger partial charge < -0.3 is 9.73 Å². The maximum absolute atomic E-state index is 12.4. The maximum atomic E-state index is 12.4. The third kappa shape index (κ3) is 2.79. The van der Waals surface area contributed by atoms with Crippen LogP contribution >= 0.6 is 15.9 Å². The minimum atomic E-state index is -0.234. The summed E-state index contributed by atoms with van der Waals surface area (Å²) in [4.78, 5) is 12.4. The van der Waals surface area contributed by atoms with Gasteiger partial charge in [-0.05, 0) is 56.2 Å². The number of anilines is 1. The first-order chi connectivity index (χ1) is 10.4. The number of nitrogens with one attached hydrogen (secondary N) is 1. The highest BCUT2D eigenvalue weighted by Crippen LogP contribution is 2.26. The van der Waals surface area contributed by atoms with Gasteiger partial charge in [-0.25, -0.2) is 0 Å². The van der Waals surface area contributed by atoms with Gasteiger partial charge in [0.1, 0.15) is 5.58 Å². The van der Waals surface area contributed by atoms with E-state index in [2.05, 4.69) is 33.4 Å². The summed E-state index contributed by atoms with van der Waals surface area (Å²) < 4.78 is 6.58. The molecule has 3 rings (SSSR count). The van der Waals surface area contributed by atoms with E-state index in [9.17, 15) is 4.79 Å². The lowest BCUT2D eigenvalue weighted by Crippen LogP contribution is -2.13. The second-order valence-corrected chi connectivity index (χ2v) is 6.44. The average Bonchev–Trinajstić information content (AvgIpc) is 2.85. The molecule has 4 heteroatoms. The van der Waals surface area contributed by atoms with Crippen molar-refractivity contribution in [2.45, 2.75) is 20.8 Å². The Kier molecular flexibility index (Phi) is 3.79. The van der Waals surface area contributed by atoms with Crippen molar-refractivity contribution >= 4 is 38.5 Å². The van der Waals surface area contributed by atoms with E-state index in [-0.39, 0.29) is 5.91 Å². The highest BCUT2D eigenvalue weighted by Gasteiger charge is 2.15. The Hall–Kier alpha value is -2.07. The van der Waals surface area contributed by atoms with Gasteiger partial charge in [0.2, 0.25) is 0 Å². The van der Waals surface area contributed by atoms with Gasteiger partial charge in [0, 0.05) is 15.5 Å². The molecule has 3 nitrogen and oxygen atoms in total. The summed E-state index contributed by atoms with van der Waals surface area (Å²) in [6.07, 6.45) is 0. The second kappa shape index (κ2) is 5.61. The minimum absolute atomic E-state index is 0.234. The van der Waals surface area contributed by atoms with Crippen molar-refractivity contribution in [3.63, 3.8) is 0 Å². The fraction of sp³-hybridized carbons (Fsp3) is 0.167. The number of amides is 1. The molecule has 0 radical (unpaired) electrons. The standard InChI is InChI=1S/C18H16BrNO2/c1-10-6-11(2)17(12(3)7-10)20-18(21)16-9-13-8-14(19)4-5-15(13)22-16/h4-9H,1-3H3,(H,20,21). The van der Waals surface area contributed by atoms with Crippen LogP contribution in [0.25, 0.3) is 11.0 Å². The SMILES string of the molecule is Cc1cc(C)c(NC(=O)c2cc3cc(Br)ccc3o2)c(C)c1. The van der Waals surface area contributed by atoms with E-state index in [1.54, 1.807) is 6.07 Å². The van der Waals surface area contributed by atoms with Crippen molar-refractivity contribution in [2.24, 2.45) is 0 Å². The summed E-state index contributed by atoms with van der Waals surface area (Å²) in [5, 5.41) is 3.85. The lowest BCUT2D eigenvalue weighted by molar-refractivity contribution is 0.0998. The number of rotatable bonds is 2. The van der Waals surface area contributed by atoms with Crippen LogP contribution < -0.4 is 5.32 Å². The molecule has 0 saturated carbocycles. The Labute approximate surface area is 137 Å². The monoisotopic (exact) mass is 357 g/mol. The molecule has 1 amide bonds. The third-order valence-corrected chi connectivity index (χ3v) is 4.11. The first-order valence-corrected chi connectivity index (χ1v) is 7.81. The summed E-state index contributed by atoms with van der Waals surface area (Å²) in [6.45, 7) is 6.03. The fourth-order valence-electron chi connectivity index (χ4n) is 2.68. The molecule has 0 spiro atoms. The molecule has 0 unspecified atom stereocenters. The number of aryl methyl sites for hydroxylation is 3. The zero-order valence-electron chi connectivity index (χ0n) is 12.7. The lowest BCUT2D eigenvalue weighted by Gasteiger charge is -2.11. The number of halogens is 1. The van der Waals surface area contributed by atoms with Gasteiger partial charge in [0.25, 0.3) is 5.91 Å². The largest absolute Gasteiger partial charge is 0.451 e. The molecular formula is C18H16BrNO2. The van der Waals surface area contributed by atoms with E-state index in [4.69, 9.17) is 4.42 Å². The fourth-order valence-corrected chi connectivity index (χ4v) is 3.06. The van der Waals surface area contributed by atoms with Gasteiger partial charge in [-0.2, -0.15) is 0 Å². The van der Waals surface area contributed by atoms with Crippen molar-refractivity contribution in [3.8, 4) is 0 Å². The van der Waals surface area contributed by atoms with Gasteiger partial charge >= 0.3 is 0 Å². The van der Waals surface area contributed by atoms with Crippen molar-refractivity contribution in [1.82, 2.24) is 0 Å². The molecule has 0 atom stereocenters. The number of hydrogen-bond donors (Lipinski definition) is 1. The highest BCUT2D eigenvalue weighted by molar-refractivity contribution is 9.10. The molecule has 112 valence electrons. The number of benzene rings is 2. The second-order valence-electron chi connectivity index (χ2n) is 5.52. The molecule has 1 heterocycles. The molecule has 2 aromatic carbocycles. The van der Waals surface area contributed by atoms with E-state index < -0.39 is 0 Å². The van der Waals surface area contributed by atoms with E-state index >= 15 is 0 Å². The molecular weight excluding hydrogens is 342 g/mol. The Balaban J connectivity index is 1.93. The molecule has 0 bridgehead atoms. The predicted octanol–water partition coefficient (Wildman–Crippen LogP) is 5.37. The zero-order valence-corrected chi connectivity index (χ0v) is 14.2. The molecule has 3 aromatic rings. The van der Waals surface area contributed by atoms with Crippen LogP contribution in [-0.2, 0) is 0 Å². The summed E-state index contributed by atoms with van der Waals surface area (Å²) in [7, 11) is 0. The third-order valence-electron chi connectivity index (χ3n) is 3.62. The average molecular weight is 358 g/mol. The van der Waals surface area contributed by atoms with E-state index in [0.29, 0.717) is 11.3 Å². The summed E-state index contributed by atoms with van der Waals surface area (Å²) >= 11 is 3.42. The van der Waals surface area contributed by atoms with Gasteiger partial charge in [0.05, 0.1) is 0 Å². The molecule has 1 aromatic heterocycles. The summed E-state index contributed by atoms with van der Waals surface area (Å²) in [6, 6.07) is 11.5. The maximum Gasteiger partial charge on any atom is 0.291 e. The first-order valence-electron chi connectivity index (χ1n) is 7.02. The first kappa shape index (κ1) is 14.9. The van der Waals surface area contributed by atoms with Crippen LogP contribution in [0.15, 0.2) is 45.3 Å². The molecule has 1 N–H and O–H groups in total. The van der Waals surface area contributed by atoms with E-state index in [0.717, 1.165) is 26.7 Å². The van der Waals surface area contributed by atoms with E-state index in [1.165, 1.54) is 5.56 Å². The molecule has 0 aliphatic carbocycles. The van der Waals surface area contributed by atoms with Crippen LogP contribution in [0.1, 0.15) is 27.2 Å². The van der Waals surface area contributed by atoms with Crippen LogP contribution in [0.2, 0.25) is 0 Å². The predicted molar refractivity (Wildman–Crippen MR) is 92.5 cm³/mol. The zero-order chi connectivity index (χ0) is 15.9. The van der Waals surface area contributed by atoms with Crippen molar-refractivity contribution in [2.75, 3.05) is 5.32 Å². The Morgan fingerprint density at radius 2 is 1.73 bits per heavy atom. The van der Waals surface area contributed by atoms with Crippen LogP contribution in [-0.4, -0.2) is 5.91 Å². The quantitative estimate of drug-likeness (QED) is 0.669. The van der Waals surface area contributed by atoms with Crippen molar-refractivity contribution < 1.29 is 9.21 Å². The summed E-state index contributed by atoms with van der Waals surface area (Å²) in [5.41, 5.74) is 4.82. The van der Waals surface area contributed by atoms with Crippen LogP contribution in [0.5, 0.6) is 0 Å². The van der Waals surface area contributed by atoms with Crippen LogP contribution in [0.4, 0.5) is 5.69 Å². The molecule has 0 aliphatic rings. The molecule has 0 saturated heterocycles. The highest BCUT2D eigenvalue weighted by atomic mass is 79.9. The van der Waals surface area contributed by atoms with Crippen LogP contribution in [0.3, 0.4) is 0 Å². The smallest absolute Gasteiger partial charge is 0.291 e. The Morgan fingerprint density at radius 1 is 1.05 bits per heavy atom. The van der Waals surface area contributed by atoms with Crippen molar-refractivity contribution in [3.05, 3.63) is 63.3 Å². The van der Waals surface area contributed by atoms with Crippen LogP contribution in [0, 0.1) is 20.8 Å². The van der Waals surface area contributed by atoms with Gasteiger partial charge in [-0.15, -0.1) is 0 Å². The number of fused-ring (bicyclic) bond motifs is 1. The van der Waals surface area contributed by atoms with Gasteiger partial charge in [-0.1, -0.05) is 33.6 Å². The summed E-state index contributed by atoms with van der Waals surface area (Å²) in [5.74, 6) is 0.0786. The number of furan rings is 1. The molecule has 0 aliphatic heterocycles. The van der Waals surface area contributed by atoms with E-state index in [1.807, 2.05) is 39.0 Å². The number of carbonyl (C=O) groups excluding carboxylic acids is 1. The minimum Gasteiger partial charge on any atom is -0.451 e. The van der Waals surface area contributed by atoms with Crippen molar-refractivity contribution in [1.29, 1.82) is 0 Å².